The maximum absolute atomic E-state index is 13.4. The molecule has 0 atom stereocenters. The van der Waals surface area contributed by atoms with Crippen LogP contribution in [0.25, 0.3) is 11.0 Å². The molecule has 0 fully saturated rings. The van der Waals surface area contributed by atoms with E-state index in [1.54, 1.807) is 12.1 Å². The van der Waals surface area contributed by atoms with Gasteiger partial charge >= 0.3 is 0 Å². The Bertz CT molecular complexity index is 567. The van der Waals surface area contributed by atoms with Crippen LogP contribution in [0.15, 0.2) is 18.2 Å². The van der Waals surface area contributed by atoms with Crippen LogP contribution in [0.2, 0.25) is 0 Å². The second-order valence-electron chi connectivity index (χ2n) is 5.92. The van der Waals surface area contributed by atoms with Crippen molar-refractivity contribution in [3.8, 4) is 0 Å². The molecule has 0 bridgehead atoms. The first-order valence-corrected chi connectivity index (χ1v) is 6.80. The maximum atomic E-state index is 13.4. The number of aryl methyl sites for hydroxylation is 1. The number of halogens is 1. The Morgan fingerprint density at radius 1 is 1.32 bits per heavy atom. The molecule has 0 saturated heterocycles. The molecule has 0 saturated carbocycles. The Hall–Kier alpha value is -1.42. The summed E-state index contributed by atoms with van der Waals surface area (Å²) in [6.07, 6.45) is 1.00. The summed E-state index contributed by atoms with van der Waals surface area (Å²) in [5.41, 5.74) is 1.79. The highest BCUT2D eigenvalue weighted by Crippen LogP contribution is 2.18. The summed E-state index contributed by atoms with van der Waals surface area (Å²) in [7, 11) is 0. The van der Waals surface area contributed by atoms with Gasteiger partial charge in [0.1, 0.15) is 11.6 Å². The van der Waals surface area contributed by atoms with Gasteiger partial charge in [-0.2, -0.15) is 0 Å². The van der Waals surface area contributed by atoms with Crippen molar-refractivity contribution in [2.24, 2.45) is 0 Å². The first-order chi connectivity index (χ1) is 8.90. The lowest BCUT2D eigenvalue weighted by Gasteiger charge is -2.20. The van der Waals surface area contributed by atoms with E-state index in [4.69, 9.17) is 0 Å². The molecule has 2 aromatic rings. The average molecular weight is 263 g/mol. The van der Waals surface area contributed by atoms with Gasteiger partial charge in [-0.3, -0.25) is 0 Å². The number of fused-ring (bicyclic) bond motifs is 1. The number of aromatic nitrogens is 2. The van der Waals surface area contributed by atoms with Crippen LogP contribution >= 0.6 is 0 Å². The highest BCUT2D eigenvalue weighted by atomic mass is 19.1. The highest BCUT2D eigenvalue weighted by molar-refractivity contribution is 5.76. The molecule has 1 aromatic heterocycles. The van der Waals surface area contributed by atoms with Crippen molar-refractivity contribution in [3.05, 3.63) is 29.8 Å². The minimum atomic E-state index is -0.208. The molecule has 3 nitrogen and oxygen atoms in total. The third kappa shape index (κ3) is 3.32. The van der Waals surface area contributed by atoms with Gasteiger partial charge in [0, 0.05) is 12.1 Å². The Morgan fingerprint density at radius 2 is 2.05 bits per heavy atom. The van der Waals surface area contributed by atoms with Gasteiger partial charge in [-0.15, -0.1) is 0 Å². The first kappa shape index (κ1) is 14.0. The maximum Gasteiger partial charge on any atom is 0.125 e. The predicted molar refractivity (Wildman–Crippen MR) is 76.6 cm³/mol. The Labute approximate surface area is 113 Å². The topological polar surface area (TPSA) is 29.9 Å². The fourth-order valence-electron chi connectivity index (χ4n) is 2.10. The molecular formula is C15H22FN3. The number of imidazole rings is 1. The van der Waals surface area contributed by atoms with E-state index in [-0.39, 0.29) is 11.4 Å². The molecule has 104 valence electrons. The predicted octanol–water partition coefficient (Wildman–Crippen LogP) is 3.47. The molecule has 1 N–H and O–H groups in total. The van der Waals surface area contributed by atoms with Crippen LogP contribution in [0, 0.1) is 5.82 Å². The minimum absolute atomic E-state index is 0.0421. The van der Waals surface area contributed by atoms with Gasteiger partial charge < -0.3 is 9.88 Å². The number of nitrogens with one attached hydrogen (secondary N) is 1. The molecule has 4 heteroatoms. The largest absolute Gasteiger partial charge is 0.327 e. The van der Waals surface area contributed by atoms with Crippen LogP contribution in [-0.4, -0.2) is 15.1 Å². The van der Waals surface area contributed by atoms with Crippen LogP contribution in [0.5, 0.6) is 0 Å². The molecular weight excluding hydrogens is 241 g/mol. The lowest BCUT2D eigenvalue weighted by molar-refractivity contribution is 0.412. The zero-order valence-corrected chi connectivity index (χ0v) is 12.1. The monoisotopic (exact) mass is 263 g/mol. The minimum Gasteiger partial charge on any atom is -0.327 e. The molecule has 19 heavy (non-hydrogen) atoms. The Balaban J connectivity index is 2.39. The third-order valence-corrected chi connectivity index (χ3v) is 3.01. The van der Waals surface area contributed by atoms with Crippen molar-refractivity contribution in [2.45, 2.75) is 52.7 Å². The molecule has 0 radical (unpaired) electrons. The number of rotatable bonds is 4. The summed E-state index contributed by atoms with van der Waals surface area (Å²) >= 11 is 0. The summed E-state index contributed by atoms with van der Waals surface area (Å²) in [5.74, 6) is 0.762. The van der Waals surface area contributed by atoms with Crippen molar-refractivity contribution in [2.75, 3.05) is 0 Å². The van der Waals surface area contributed by atoms with Gasteiger partial charge in [0.2, 0.25) is 0 Å². The van der Waals surface area contributed by atoms with Crippen molar-refractivity contribution in [1.82, 2.24) is 14.9 Å². The van der Waals surface area contributed by atoms with E-state index in [2.05, 4.69) is 42.6 Å². The van der Waals surface area contributed by atoms with Gasteiger partial charge in [-0.1, -0.05) is 6.92 Å². The summed E-state index contributed by atoms with van der Waals surface area (Å²) in [6, 6.07) is 4.78. The molecule has 2 rings (SSSR count). The molecule has 0 aliphatic rings. The van der Waals surface area contributed by atoms with E-state index in [9.17, 15) is 4.39 Å². The normalized spacial score (nSPS) is 12.3. The molecule has 1 aromatic carbocycles. The molecule has 0 aliphatic carbocycles. The summed E-state index contributed by atoms with van der Waals surface area (Å²) in [6.45, 7) is 10.0. The molecule has 0 unspecified atom stereocenters. The SMILES string of the molecule is CCCn1c(CNC(C)(C)C)nc2ccc(F)cc21. The second-order valence-corrected chi connectivity index (χ2v) is 5.92. The number of nitrogens with zero attached hydrogens (tertiary/aromatic N) is 2. The average Bonchev–Trinajstić information content (AvgIpc) is 2.64. The van der Waals surface area contributed by atoms with Crippen LogP contribution in [-0.2, 0) is 13.1 Å². The van der Waals surface area contributed by atoms with Crippen molar-refractivity contribution < 1.29 is 4.39 Å². The van der Waals surface area contributed by atoms with Crippen LogP contribution in [0.3, 0.4) is 0 Å². The quantitative estimate of drug-likeness (QED) is 0.915. The number of hydrogen-bond donors (Lipinski definition) is 1. The van der Waals surface area contributed by atoms with Crippen LogP contribution < -0.4 is 5.32 Å². The zero-order valence-electron chi connectivity index (χ0n) is 12.1. The molecule has 1 heterocycles. The standard InChI is InChI=1S/C15H22FN3/c1-5-8-19-13-9-11(16)6-7-12(13)18-14(19)10-17-15(2,3)4/h6-7,9,17H,5,8,10H2,1-4H3. The Morgan fingerprint density at radius 3 is 2.68 bits per heavy atom. The van der Waals surface area contributed by atoms with Crippen molar-refractivity contribution in [1.29, 1.82) is 0 Å². The van der Waals surface area contributed by atoms with Gasteiger partial charge in [-0.05, 0) is 45.4 Å². The molecule has 0 spiro atoms. The summed E-state index contributed by atoms with van der Waals surface area (Å²) < 4.78 is 15.5. The van der Waals surface area contributed by atoms with E-state index >= 15 is 0 Å². The zero-order chi connectivity index (χ0) is 14.0. The number of benzene rings is 1. The van der Waals surface area contributed by atoms with Crippen molar-refractivity contribution in [3.63, 3.8) is 0 Å². The highest BCUT2D eigenvalue weighted by Gasteiger charge is 2.14. The van der Waals surface area contributed by atoms with E-state index in [0.717, 1.165) is 29.8 Å². The van der Waals surface area contributed by atoms with E-state index < -0.39 is 0 Å². The smallest absolute Gasteiger partial charge is 0.125 e. The Kier molecular flexibility index (Phi) is 3.90. The third-order valence-electron chi connectivity index (χ3n) is 3.01. The molecule has 0 aliphatic heterocycles. The van der Waals surface area contributed by atoms with Crippen LogP contribution in [0.4, 0.5) is 4.39 Å². The number of hydrogen-bond acceptors (Lipinski definition) is 2. The fourth-order valence-corrected chi connectivity index (χ4v) is 2.10. The van der Waals surface area contributed by atoms with E-state index in [0.29, 0.717) is 6.54 Å². The van der Waals surface area contributed by atoms with Crippen LogP contribution in [0.1, 0.15) is 39.9 Å². The van der Waals surface area contributed by atoms with Gasteiger partial charge in [0.15, 0.2) is 0 Å². The lowest BCUT2D eigenvalue weighted by Crippen LogP contribution is -2.35. The van der Waals surface area contributed by atoms with E-state index in [1.165, 1.54) is 6.07 Å². The van der Waals surface area contributed by atoms with Gasteiger partial charge in [-0.25, -0.2) is 9.37 Å². The molecule has 0 amide bonds. The summed E-state index contributed by atoms with van der Waals surface area (Å²) in [4.78, 5) is 4.61. The van der Waals surface area contributed by atoms with Gasteiger partial charge in [0.05, 0.1) is 17.6 Å². The first-order valence-electron chi connectivity index (χ1n) is 6.80. The van der Waals surface area contributed by atoms with Crippen molar-refractivity contribution >= 4 is 11.0 Å². The van der Waals surface area contributed by atoms with Gasteiger partial charge in [0.25, 0.3) is 0 Å². The lowest BCUT2D eigenvalue weighted by atomic mass is 10.1. The van der Waals surface area contributed by atoms with E-state index in [1.807, 2.05) is 0 Å². The second kappa shape index (κ2) is 5.29. The summed E-state index contributed by atoms with van der Waals surface area (Å²) in [5, 5.41) is 3.44. The fraction of sp³-hybridized carbons (Fsp3) is 0.533.